The third kappa shape index (κ3) is 2.34. The van der Waals surface area contributed by atoms with Crippen LogP contribution in [-0.2, 0) is 7.05 Å². The molecule has 0 amide bonds. The highest BCUT2D eigenvalue weighted by molar-refractivity contribution is 6.32. The smallest absolute Gasteiger partial charge is 0.356 e. The van der Waals surface area contributed by atoms with Crippen LogP contribution in [0.1, 0.15) is 10.5 Å². The van der Waals surface area contributed by atoms with Crippen molar-refractivity contribution in [2.24, 2.45) is 7.05 Å². The Hall–Kier alpha value is -2.21. The second-order valence-corrected chi connectivity index (χ2v) is 4.25. The fourth-order valence-corrected chi connectivity index (χ4v) is 1.97. The molecule has 0 radical (unpaired) electrons. The Labute approximate surface area is 113 Å². The minimum Gasteiger partial charge on any atom is -0.507 e. The molecule has 2 N–H and O–H groups in total. The number of methoxy groups -OCH3 is 1. The van der Waals surface area contributed by atoms with E-state index in [9.17, 15) is 9.90 Å². The summed E-state index contributed by atoms with van der Waals surface area (Å²) in [5, 5.41) is 23.0. The molecule has 0 aliphatic heterocycles. The predicted molar refractivity (Wildman–Crippen MR) is 68.8 cm³/mol. The van der Waals surface area contributed by atoms with Gasteiger partial charge in [0.1, 0.15) is 11.5 Å². The van der Waals surface area contributed by atoms with E-state index in [2.05, 4.69) is 5.10 Å². The van der Waals surface area contributed by atoms with Gasteiger partial charge >= 0.3 is 5.97 Å². The summed E-state index contributed by atoms with van der Waals surface area (Å²) in [7, 11) is 3.02. The number of aromatic carboxylic acids is 1. The highest BCUT2D eigenvalue weighted by Gasteiger charge is 2.17. The fraction of sp³-hybridized carbons (Fsp3) is 0.167. The first-order valence-corrected chi connectivity index (χ1v) is 5.66. The normalized spacial score (nSPS) is 10.5. The summed E-state index contributed by atoms with van der Waals surface area (Å²) in [6.45, 7) is 0. The van der Waals surface area contributed by atoms with Gasteiger partial charge in [0.2, 0.25) is 0 Å². The van der Waals surface area contributed by atoms with Gasteiger partial charge in [0.05, 0.1) is 17.8 Å². The van der Waals surface area contributed by atoms with Gasteiger partial charge in [0.15, 0.2) is 5.69 Å². The zero-order valence-electron chi connectivity index (χ0n) is 10.2. The summed E-state index contributed by atoms with van der Waals surface area (Å²) in [5.74, 6) is -0.870. The summed E-state index contributed by atoms with van der Waals surface area (Å²) in [6, 6.07) is 4.23. The van der Waals surface area contributed by atoms with Crippen molar-refractivity contribution in [1.82, 2.24) is 9.78 Å². The van der Waals surface area contributed by atoms with E-state index >= 15 is 0 Å². The summed E-state index contributed by atoms with van der Waals surface area (Å²) < 4.78 is 6.34. The largest absolute Gasteiger partial charge is 0.507 e. The third-order valence-corrected chi connectivity index (χ3v) is 2.94. The molecule has 0 atom stereocenters. The number of benzene rings is 1. The second kappa shape index (κ2) is 4.81. The molecule has 2 rings (SSSR count). The zero-order chi connectivity index (χ0) is 14.2. The highest BCUT2D eigenvalue weighted by Crippen LogP contribution is 2.37. The van der Waals surface area contributed by atoms with E-state index in [1.807, 2.05) is 0 Å². The Bertz CT molecular complexity index is 651. The summed E-state index contributed by atoms with van der Waals surface area (Å²) in [4.78, 5) is 10.9. The van der Waals surface area contributed by atoms with Crippen LogP contribution in [0.3, 0.4) is 0 Å². The van der Waals surface area contributed by atoms with E-state index in [1.54, 1.807) is 7.05 Å². The lowest BCUT2D eigenvalue weighted by atomic mass is 10.1. The van der Waals surface area contributed by atoms with Gasteiger partial charge in [-0.3, -0.25) is 4.68 Å². The molecular weight excluding hydrogens is 272 g/mol. The number of halogens is 1. The number of hydrogen-bond acceptors (Lipinski definition) is 4. The number of phenolic OH excluding ortho intramolecular Hbond substituents is 1. The van der Waals surface area contributed by atoms with Crippen LogP contribution in [-0.4, -0.2) is 33.1 Å². The van der Waals surface area contributed by atoms with Crippen LogP contribution in [0.5, 0.6) is 11.5 Å². The number of carbonyl (C=O) groups is 1. The first kappa shape index (κ1) is 13.2. The van der Waals surface area contributed by atoms with Crippen molar-refractivity contribution >= 4 is 17.6 Å². The maximum Gasteiger partial charge on any atom is 0.356 e. The van der Waals surface area contributed by atoms with E-state index < -0.39 is 5.97 Å². The molecule has 0 bridgehead atoms. The summed E-state index contributed by atoms with van der Waals surface area (Å²) in [5.41, 5.74) is 0.719. The lowest BCUT2D eigenvalue weighted by molar-refractivity contribution is 0.0689. The number of aryl methyl sites for hydroxylation is 1. The highest BCUT2D eigenvalue weighted by atomic mass is 35.5. The van der Waals surface area contributed by atoms with Gasteiger partial charge in [-0.25, -0.2) is 4.79 Å². The quantitative estimate of drug-likeness (QED) is 0.901. The molecule has 2 aromatic rings. The van der Waals surface area contributed by atoms with Crippen LogP contribution < -0.4 is 4.74 Å². The van der Waals surface area contributed by atoms with Gasteiger partial charge in [-0.15, -0.1) is 0 Å². The van der Waals surface area contributed by atoms with Gasteiger partial charge in [0.25, 0.3) is 0 Å². The van der Waals surface area contributed by atoms with E-state index in [1.165, 1.54) is 30.0 Å². The number of rotatable bonds is 3. The van der Waals surface area contributed by atoms with Crippen LogP contribution >= 0.6 is 11.6 Å². The molecule has 0 aliphatic rings. The molecule has 0 fully saturated rings. The van der Waals surface area contributed by atoms with Gasteiger partial charge in [-0.1, -0.05) is 11.6 Å². The first-order chi connectivity index (χ1) is 8.93. The average Bonchev–Trinajstić information content (AvgIpc) is 2.74. The van der Waals surface area contributed by atoms with Crippen molar-refractivity contribution in [1.29, 1.82) is 0 Å². The Balaban J connectivity index is 2.59. The molecule has 1 heterocycles. The topological polar surface area (TPSA) is 84.6 Å². The summed E-state index contributed by atoms with van der Waals surface area (Å²) >= 11 is 5.99. The van der Waals surface area contributed by atoms with Crippen molar-refractivity contribution in [2.45, 2.75) is 0 Å². The number of carboxylic acid groups (broad SMARTS) is 1. The molecule has 0 saturated heterocycles. The van der Waals surface area contributed by atoms with Crippen LogP contribution in [0, 0.1) is 0 Å². The second-order valence-electron chi connectivity index (χ2n) is 3.85. The zero-order valence-corrected chi connectivity index (χ0v) is 11.0. The summed E-state index contributed by atoms with van der Waals surface area (Å²) in [6.07, 6.45) is 0. The minimum absolute atomic E-state index is 0.0683. The maximum absolute atomic E-state index is 10.9. The third-order valence-electron chi connectivity index (χ3n) is 2.65. The van der Waals surface area contributed by atoms with E-state index in [-0.39, 0.29) is 11.4 Å². The molecule has 1 aromatic carbocycles. The number of aromatic hydroxyl groups is 1. The lowest BCUT2D eigenvalue weighted by Crippen LogP contribution is -1.99. The molecule has 19 heavy (non-hydrogen) atoms. The van der Waals surface area contributed by atoms with Gasteiger partial charge < -0.3 is 14.9 Å². The van der Waals surface area contributed by atoms with Gasteiger partial charge in [-0.2, -0.15) is 5.10 Å². The van der Waals surface area contributed by atoms with Crippen LogP contribution in [0.2, 0.25) is 5.02 Å². The fourth-order valence-electron chi connectivity index (χ4n) is 1.73. The molecule has 1 aromatic heterocycles. The SMILES string of the molecule is COc1cc(O)c(-c2cc(C(=O)O)nn2C)cc1Cl. The molecular formula is C12H11ClN2O4. The molecule has 0 unspecified atom stereocenters. The van der Waals surface area contributed by atoms with E-state index in [0.29, 0.717) is 22.0 Å². The molecule has 100 valence electrons. The number of hydrogen-bond donors (Lipinski definition) is 2. The van der Waals surface area contributed by atoms with E-state index in [4.69, 9.17) is 21.4 Å². The van der Waals surface area contributed by atoms with Crippen molar-refractivity contribution in [2.75, 3.05) is 7.11 Å². The predicted octanol–water partition coefficient (Wildman–Crippen LogP) is 2.15. The van der Waals surface area contributed by atoms with Crippen LogP contribution in [0.15, 0.2) is 18.2 Å². The molecule has 0 saturated carbocycles. The standard InChI is InChI=1S/C12H11ClN2O4/c1-15-9(4-8(14-15)12(17)18)6-3-7(13)11(19-2)5-10(6)16/h3-5,16H,1-2H3,(H,17,18). The van der Waals surface area contributed by atoms with Crippen molar-refractivity contribution < 1.29 is 19.7 Å². The van der Waals surface area contributed by atoms with Gasteiger partial charge in [0, 0.05) is 18.7 Å². The monoisotopic (exact) mass is 282 g/mol. The Morgan fingerprint density at radius 3 is 2.63 bits per heavy atom. The van der Waals surface area contributed by atoms with Crippen molar-refractivity contribution in [3.63, 3.8) is 0 Å². The molecule has 6 nitrogen and oxygen atoms in total. The van der Waals surface area contributed by atoms with E-state index in [0.717, 1.165) is 0 Å². The van der Waals surface area contributed by atoms with Crippen molar-refractivity contribution in [3.8, 4) is 22.8 Å². The number of nitrogens with zero attached hydrogens (tertiary/aromatic N) is 2. The number of carboxylic acids is 1. The van der Waals surface area contributed by atoms with Crippen LogP contribution in [0.25, 0.3) is 11.3 Å². The number of ether oxygens (including phenoxy) is 1. The molecule has 7 heteroatoms. The maximum atomic E-state index is 10.9. The average molecular weight is 283 g/mol. The Kier molecular flexibility index (Phi) is 3.35. The van der Waals surface area contributed by atoms with Crippen molar-refractivity contribution in [3.05, 3.63) is 28.9 Å². The lowest BCUT2D eigenvalue weighted by Gasteiger charge is -2.09. The molecule has 0 aliphatic carbocycles. The number of phenols is 1. The van der Waals surface area contributed by atoms with Crippen LogP contribution in [0.4, 0.5) is 0 Å². The minimum atomic E-state index is -1.14. The molecule has 0 spiro atoms. The number of aromatic nitrogens is 2. The Morgan fingerprint density at radius 1 is 1.42 bits per heavy atom. The Morgan fingerprint density at radius 2 is 2.11 bits per heavy atom. The first-order valence-electron chi connectivity index (χ1n) is 5.28. The van der Waals surface area contributed by atoms with Gasteiger partial charge in [-0.05, 0) is 12.1 Å².